The molecule has 0 fully saturated rings. The van der Waals surface area contributed by atoms with Gasteiger partial charge in [0.15, 0.2) is 11.5 Å². The van der Waals surface area contributed by atoms with Gasteiger partial charge in [0.25, 0.3) is 0 Å². The van der Waals surface area contributed by atoms with Crippen molar-refractivity contribution in [2.75, 3.05) is 18.5 Å². The van der Waals surface area contributed by atoms with Crippen molar-refractivity contribution in [2.45, 2.75) is 40.2 Å². The molecular formula is C24H29N3O4. The Labute approximate surface area is 182 Å². The molecule has 0 bridgehead atoms. The molecule has 4 N–H and O–H groups in total. The molecular weight excluding hydrogens is 394 g/mol. The van der Waals surface area contributed by atoms with E-state index in [2.05, 4.69) is 10.3 Å². The van der Waals surface area contributed by atoms with Crippen molar-refractivity contribution in [3.8, 4) is 11.5 Å². The molecule has 3 aromatic rings. The van der Waals surface area contributed by atoms with Crippen molar-refractivity contribution in [2.24, 2.45) is 5.73 Å². The van der Waals surface area contributed by atoms with E-state index in [0.29, 0.717) is 35.8 Å². The second-order valence-electron chi connectivity index (χ2n) is 7.06. The molecule has 2 aromatic carbocycles. The Balaban J connectivity index is 2.23. The van der Waals surface area contributed by atoms with Gasteiger partial charge in [-0.3, -0.25) is 9.78 Å². The van der Waals surface area contributed by atoms with Crippen LogP contribution in [0, 0.1) is 0 Å². The third kappa shape index (κ3) is 4.88. The Morgan fingerprint density at radius 2 is 1.81 bits per heavy atom. The van der Waals surface area contributed by atoms with Gasteiger partial charge in [-0.25, -0.2) is 0 Å². The minimum Gasteiger partial charge on any atom is -0.490 e. The summed E-state index contributed by atoms with van der Waals surface area (Å²) in [7, 11) is 0. The average molecular weight is 424 g/mol. The van der Waals surface area contributed by atoms with Crippen LogP contribution in [0.15, 0.2) is 36.5 Å². The molecule has 0 aliphatic carbocycles. The van der Waals surface area contributed by atoms with Crippen molar-refractivity contribution >= 4 is 28.2 Å². The van der Waals surface area contributed by atoms with Crippen LogP contribution in [0.4, 0.5) is 11.4 Å². The number of benzene rings is 2. The fourth-order valence-electron chi connectivity index (χ4n) is 3.70. The van der Waals surface area contributed by atoms with Crippen LogP contribution in [0.1, 0.15) is 37.5 Å². The number of aliphatic hydroxyl groups excluding tert-OH is 1. The molecule has 1 heterocycles. The number of amides is 1. The highest BCUT2D eigenvalue weighted by atomic mass is 16.5. The smallest absolute Gasteiger partial charge is 0.221 e. The highest BCUT2D eigenvalue weighted by Crippen LogP contribution is 2.38. The van der Waals surface area contributed by atoms with E-state index >= 15 is 0 Å². The molecule has 31 heavy (non-hydrogen) atoms. The van der Waals surface area contributed by atoms with E-state index < -0.39 is 5.91 Å². The molecule has 164 valence electrons. The minimum atomic E-state index is -0.444. The normalized spacial score (nSPS) is 10.8. The van der Waals surface area contributed by atoms with Crippen LogP contribution >= 0.6 is 0 Å². The largest absolute Gasteiger partial charge is 0.490 e. The summed E-state index contributed by atoms with van der Waals surface area (Å²) in [5.74, 6) is 0.784. The molecule has 0 radical (unpaired) electrons. The summed E-state index contributed by atoms with van der Waals surface area (Å²) in [6, 6.07) is 9.47. The zero-order valence-electron chi connectivity index (χ0n) is 18.2. The van der Waals surface area contributed by atoms with Crippen LogP contribution in [0.2, 0.25) is 0 Å². The summed E-state index contributed by atoms with van der Waals surface area (Å²) in [6.45, 7) is 6.81. The number of pyridine rings is 1. The molecule has 0 saturated heterocycles. The number of anilines is 2. The van der Waals surface area contributed by atoms with Crippen LogP contribution in [-0.2, 0) is 24.2 Å². The molecule has 0 aliphatic heterocycles. The number of carbonyl (C=O) groups excluding carboxylic acids is 1. The number of aromatic nitrogens is 1. The Kier molecular flexibility index (Phi) is 7.31. The average Bonchev–Trinajstić information content (AvgIpc) is 2.75. The molecule has 0 spiro atoms. The lowest BCUT2D eigenvalue weighted by Crippen LogP contribution is -2.15. The summed E-state index contributed by atoms with van der Waals surface area (Å²) in [5, 5.41) is 14.0. The van der Waals surface area contributed by atoms with Gasteiger partial charge in [-0.05, 0) is 43.5 Å². The molecule has 0 atom stereocenters. The Hall–Kier alpha value is -3.32. The van der Waals surface area contributed by atoms with Crippen molar-refractivity contribution < 1.29 is 19.4 Å². The quantitative estimate of drug-likeness (QED) is 0.457. The highest BCUT2D eigenvalue weighted by Gasteiger charge is 2.17. The van der Waals surface area contributed by atoms with Crippen LogP contribution in [0.25, 0.3) is 10.9 Å². The topological polar surface area (TPSA) is 107 Å². The van der Waals surface area contributed by atoms with Gasteiger partial charge in [0.2, 0.25) is 5.91 Å². The first-order valence-corrected chi connectivity index (χ1v) is 10.5. The standard InChI is InChI=1S/C24H29N3O4/c1-4-17-15(14-28)8-7-9-19(17)27-24-16(10-23(25)29)13-26-20-12-22(31-6-3)21(30-5-2)11-18(20)24/h7-9,11-13,28H,4-6,10,14H2,1-3H3,(H2,25,29)(H,26,27). The van der Waals surface area contributed by atoms with Crippen LogP contribution in [0.5, 0.6) is 11.5 Å². The summed E-state index contributed by atoms with van der Waals surface area (Å²) in [4.78, 5) is 16.3. The van der Waals surface area contributed by atoms with Gasteiger partial charge in [-0.2, -0.15) is 0 Å². The van der Waals surface area contributed by atoms with Crippen LogP contribution < -0.4 is 20.5 Å². The predicted octanol–water partition coefficient (Wildman–Crippen LogP) is 3.86. The molecule has 7 nitrogen and oxygen atoms in total. The van der Waals surface area contributed by atoms with Crippen molar-refractivity contribution in [3.63, 3.8) is 0 Å². The first-order chi connectivity index (χ1) is 15.0. The van der Waals surface area contributed by atoms with Crippen LogP contribution in [0.3, 0.4) is 0 Å². The summed E-state index contributed by atoms with van der Waals surface area (Å²) >= 11 is 0. The number of fused-ring (bicyclic) bond motifs is 1. The fraction of sp³-hybridized carbons (Fsp3) is 0.333. The lowest BCUT2D eigenvalue weighted by Gasteiger charge is -2.19. The lowest BCUT2D eigenvalue weighted by molar-refractivity contribution is -0.117. The fourth-order valence-corrected chi connectivity index (χ4v) is 3.70. The predicted molar refractivity (Wildman–Crippen MR) is 122 cm³/mol. The maximum Gasteiger partial charge on any atom is 0.221 e. The molecule has 0 saturated carbocycles. The van der Waals surface area contributed by atoms with Gasteiger partial charge in [0.1, 0.15) is 0 Å². The Morgan fingerprint density at radius 3 is 2.42 bits per heavy atom. The van der Waals surface area contributed by atoms with Gasteiger partial charge >= 0.3 is 0 Å². The maximum absolute atomic E-state index is 11.7. The van der Waals surface area contributed by atoms with Gasteiger partial charge in [0.05, 0.1) is 37.4 Å². The number of primary amides is 1. The molecule has 1 amide bonds. The summed E-state index contributed by atoms with van der Waals surface area (Å²) in [6.07, 6.45) is 2.45. The number of carbonyl (C=O) groups is 1. The molecule has 0 aliphatic rings. The molecule has 3 rings (SSSR count). The van der Waals surface area contributed by atoms with E-state index in [1.807, 2.05) is 51.1 Å². The maximum atomic E-state index is 11.7. The zero-order chi connectivity index (χ0) is 22.4. The number of nitrogens with two attached hydrogens (primary N) is 1. The van der Waals surface area contributed by atoms with E-state index in [0.717, 1.165) is 34.3 Å². The number of ether oxygens (including phenoxy) is 2. The monoisotopic (exact) mass is 423 g/mol. The third-order valence-electron chi connectivity index (χ3n) is 5.03. The number of nitrogens with one attached hydrogen (secondary N) is 1. The molecule has 7 heteroatoms. The summed E-state index contributed by atoms with van der Waals surface area (Å²) in [5.41, 5.74) is 10.4. The van der Waals surface area contributed by atoms with Crippen molar-refractivity contribution in [1.82, 2.24) is 4.98 Å². The van der Waals surface area contributed by atoms with Crippen molar-refractivity contribution in [3.05, 3.63) is 53.2 Å². The first kappa shape index (κ1) is 22.4. The van der Waals surface area contributed by atoms with E-state index in [1.54, 1.807) is 6.20 Å². The number of rotatable bonds is 10. The van der Waals surface area contributed by atoms with Gasteiger partial charge < -0.3 is 25.6 Å². The van der Waals surface area contributed by atoms with Crippen LogP contribution in [-0.4, -0.2) is 29.2 Å². The SMILES string of the molecule is CCOc1cc2ncc(CC(N)=O)c(Nc3cccc(CO)c3CC)c2cc1OCC. The van der Waals surface area contributed by atoms with E-state index in [9.17, 15) is 9.90 Å². The second-order valence-corrected chi connectivity index (χ2v) is 7.06. The number of hydrogen-bond donors (Lipinski definition) is 3. The number of aliphatic hydroxyl groups is 1. The van der Waals surface area contributed by atoms with Gasteiger partial charge in [-0.15, -0.1) is 0 Å². The molecule has 0 unspecified atom stereocenters. The third-order valence-corrected chi connectivity index (χ3v) is 5.03. The summed E-state index contributed by atoms with van der Waals surface area (Å²) < 4.78 is 11.5. The Morgan fingerprint density at radius 1 is 1.10 bits per heavy atom. The first-order valence-electron chi connectivity index (χ1n) is 10.5. The number of nitrogens with zero attached hydrogens (tertiary/aromatic N) is 1. The van der Waals surface area contributed by atoms with E-state index in [4.69, 9.17) is 15.2 Å². The van der Waals surface area contributed by atoms with Gasteiger partial charge in [-0.1, -0.05) is 19.1 Å². The lowest BCUT2D eigenvalue weighted by atomic mass is 10.0. The Bertz CT molecular complexity index is 1080. The van der Waals surface area contributed by atoms with Gasteiger partial charge in [0, 0.05) is 28.9 Å². The molecule has 1 aromatic heterocycles. The number of hydrogen-bond acceptors (Lipinski definition) is 6. The second kappa shape index (κ2) is 10.1. The highest BCUT2D eigenvalue weighted by molar-refractivity contribution is 5.98. The van der Waals surface area contributed by atoms with E-state index in [-0.39, 0.29) is 13.0 Å². The van der Waals surface area contributed by atoms with Crippen molar-refractivity contribution in [1.29, 1.82) is 0 Å². The minimum absolute atomic E-state index is 0.0452. The zero-order valence-corrected chi connectivity index (χ0v) is 18.2. The van der Waals surface area contributed by atoms with E-state index in [1.165, 1.54) is 0 Å².